The lowest BCUT2D eigenvalue weighted by Gasteiger charge is -2.29. The number of halogens is 1. The molecule has 0 aliphatic heterocycles. The van der Waals surface area contributed by atoms with Crippen LogP contribution in [0.15, 0.2) is 24.3 Å². The molecule has 0 N–H and O–H groups in total. The monoisotopic (exact) mass is 262 g/mol. The van der Waals surface area contributed by atoms with Gasteiger partial charge in [-0.1, -0.05) is 29.8 Å². The summed E-state index contributed by atoms with van der Waals surface area (Å²) >= 11 is 6.23. The van der Waals surface area contributed by atoms with E-state index in [0.29, 0.717) is 6.42 Å². The second kappa shape index (κ2) is 5.30. The van der Waals surface area contributed by atoms with Crippen LogP contribution in [0.5, 0.6) is 0 Å². The number of hydrogen-bond donors (Lipinski definition) is 0. The lowest BCUT2D eigenvalue weighted by atomic mass is 10.0. The first-order valence-corrected chi connectivity index (χ1v) is 6.77. The van der Waals surface area contributed by atoms with E-state index < -0.39 is 0 Å². The third kappa shape index (κ3) is 2.85. The Balaban J connectivity index is 2.04. The molecule has 0 heterocycles. The number of rotatable bonds is 5. The Bertz CT molecular complexity index is 460. The minimum Gasteiger partial charge on any atom is -0.299 e. The molecule has 1 aromatic rings. The molecule has 2 rings (SSSR count). The molecule has 1 fully saturated rings. The third-order valence-corrected chi connectivity index (χ3v) is 4.36. The van der Waals surface area contributed by atoms with Gasteiger partial charge in [0.25, 0.3) is 0 Å². The summed E-state index contributed by atoms with van der Waals surface area (Å²) in [6.07, 6.45) is 3.03. The largest absolute Gasteiger partial charge is 0.299 e. The molecule has 0 aromatic heterocycles. The minimum absolute atomic E-state index is 0.249. The topological polar surface area (TPSA) is 27.0 Å². The van der Waals surface area contributed by atoms with Crippen molar-refractivity contribution in [3.63, 3.8) is 0 Å². The molecule has 3 heteroatoms. The van der Waals surface area contributed by atoms with Crippen LogP contribution in [0.25, 0.3) is 0 Å². The molecule has 1 aromatic carbocycles. The van der Waals surface area contributed by atoms with Crippen LogP contribution in [0.2, 0.25) is 5.02 Å². The Kier molecular flexibility index (Phi) is 3.94. The molecule has 1 saturated carbocycles. The fourth-order valence-corrected chi connectivity index (χ4v) is 2.75. The molecule has 96 valence electrons. The molecular weight excluding hydrogens is 244 g/mol. The lowest BCUT2D eigenvalue weighted by Crippen LogP contribution is -2.29. The van der Waals surface area contributed by atoms with Gasteiger partial charge in [-0.05, 0) is 43.9 Å². The Labute approximate surface area is 114 Å². The highest BCUT2D eigenvalue weighted by molar-refractivity contribution is 6.31. The van der Waals surface area contributed by atoms with Gasteiger partial charge < -0.3 is 0 Å². The third-order valence-electron chi connectivity index (χ3n) is 4.01. The van der Waals surface area contributed by atoms with Crippen LogP contribution < -0.4 is 0 Å². The Hall–Kier alpha value is -1.04. The standard InChI is InChI=1S/C15H19ClN2/c1-12(13-5-3-4-6-14(13)16)18(2)11-15(7-8-15)9-10-17/h3-6,12H,7-9,11H2,1-2H3. The van der Waals surface area contributed by atoms with Gasteiger partial charge in [0.15, 0.2) is 0 Å². The average molecular weight is 263 g/mol. The molecule has 18 heavy (non-hydrogen) atoms. The van der Waals surface area contributed by atoms with Gasteiger partial charge >= 0.3 is 0 Å². The van der Waals surface area contributed by atoms with Gasteiger partial charge in [-0.25, -0.2) is 0 Å². The van der Waals surface area contributed by atoms with Crippen molar-refractivity contribution in [1.82, 2.24) is 4.90 Å². The number of nitriles is 1. The first kappa shape index (κ1) is 13.4. The van der Waals surface area contributed by atoms with Crippen molar-refractivity contribution in [3.05, 3.63) is 34.9 Å². The fourth-order valence-electron chi connectivity index (χ4n) is 2.45. The maximum Gasteiger partial charge on any atom is 0.0628 e. The minimum atomic E-state index is 0.249. The number of hydrogen-bond acceptors (Lipinski definition) is 2. The molecule has 1 aliphatic carbocycles. The maximum atomic E-state index is 8.86. The lowest BCUT2D eigenvalue weighted by molar-refractivity contribution is 0.210. The molecule has 0 spiro atoms. The molecule has 0 saturated heterocycles. The Morgan fingerprint density at radius 1 is 1.44 bits per heavy atom. The summed E-state index contributed by atoms with van der Waals surface area (Å²) in [5, 5.41) is 9.69. The van der Waals surface area contributed by atoms with E-state index >= 15 is 0 Å². The number of nitrogens with zero attached hydrogens (tertiary/aromatic N) is 2. The van der Waals surface area contributed by atoms with Gasteiger partial charge in [0.05, 0.1) is 6.07 Å². The summed E-state index contributed by atoms with van der Waals surface area (Å²) in [5.74, 6) is 0. The highest BCUT2D eigenvalue weighted by Crippen LogP contribution is 2.49. The Morgan fingerprint density at radius 2 is 2.11 bits per heavy atom. The van der Waals surface area contributed by atoms with E-state index in [0.717, 1.165) is 17.1 Å². The smallest absolute Gasteiger partial charge is 0.0628 e. The summed E-state index contributed by atoms with van der Waals surface area (Å²) in [5.41, 5.74) is 1.41. The molecule has 1 aliphatic rings. The molecule has 1 unspecified atom stereocenters. The second-order valence-electron chi connectivity index (χ2n) is 5.45. The van der Waals surface area contributed by atoms with E-state index in [4.69, 9.17) is 16.9 Å². The van der Waals surface area contributed by atoms with Crippen molar-refractivity contribution in [2.45, 2.75) is 32.2 Å². The second-order valence-corrected chi connectivity index (χ2v) is 5.85. The zero-order chi connectivity index (χ0) is 13.2. The summed E-state index contributed by atoms with van der Waals surface area (Å²) in [4.78, 5) is 2.31. The van der Waals surface area contributed by atoms with Crippen molar-refractivity contribution in [1.29, 1.82) is 5.26 Å². The molecule has 0 amide bonds. The van der Waals surface area contributed by atoms with Crippen LogP contribution in [0, 0.1) is 16.7 Å². The van der Waals surface area contributed by atoms with Crippen LogP contribution in [0.4, 0.5) is 0 Å². The normalized spacial score (nSPS) is 18.4. The van der Waals surface area contributed by atoms with E-state index in [2.05, 4.69) is 31.0 Å². The summed E-state index contributed by atoms with van der Waals surface area (Å²) in [6, 6.07) is 10.6. The van der Waals surface area contributed by atoms with Gasteiger partial charge in [-0.2, -0.15) is 5.26 Å². The summed E-state index contributed by atoms with van der Waals surface area (Å²) in [7, 11) is 2.12. The fraction of sp³-hybridized carbons (Fsp3) is 0.533. The SMILES string of the molecule is CC(c1ccccc1Cl)N(C)CC1(CC#N)CC1. The summed E-state index contributed by atoms with van der Waals surface area (Å²) < 4.78 is 0. The maximum absolute atomic E-state index is 8.86. The van der Waals surface area contributed by atoms with Crippen LogP contribution in [-0.2, 0) is 0 Å². The predicted octanol–water partition coefficient (Wildman–Crippen LogP) is 4.03. The molecular formula is C15H19ClN2. The first-order valence-electron chi connectivity index (χ1n) is 6.40. The highest BCUT2D eigenvalue weighted by atomic mass is 35.5. The zero-order valence-electron chi connectivity index (χ0n) is 11.0. The van der Waals surface area contributed by atoms with Crippen molar-refractivity contribution >= 4 is 11.6 Å². The molecule has 0 bridgehead atoms. The first-order chi connectivity index (χ1) is 8.58. The van der Waals surface area contributed by atoms with Gasteiger partial charge in [-0.15, -0.1) is 0 Å². The van der Waals surface area contributed by atoms with Crippen LogP contribution >= 0.6 is 11.6 Å². The van der Waals surface area contributed by atoms with Crippen molar-refractivity contribution < 1.29 is 0 Å². The zero-order valence-corrected chi connectivity index (χ0v) is 11.7. The highest BCUT2D eigenvalue weighted by Gasteiger charge is 2.43. The summed E-state index contributed by atoms with van der Waals surface area (Å²) in [6.45, 7) is 3.15. The van der Waals surface area contributed by atoms with Gasteiger partial charge in [-0.3, -0.25) is 4.90 Å². The van der Waals surface area contributed by atoms with Gasteiger partial charge in [0.2, 0.25) is 0 Å². The van der Waals surface area contributed by atoms with Gasteiger partial charge in [0.1, 0.15) is 0 Å². The quantitative estimate of drug-likeness (QED) is 0.801. The molecule has 0 radical (unpaired) electrons. The van der Waals surface area contributed by atoms with Crippen molar-refractivity contribution in [2.75, 3.05) is 13.6 Å². The van der Waals surface area contributed by atoms with Crippen LogP contribution in [-0.4, -0.2) is 18.5 Å². The average Bonchev–Trinajstić information content (AvgIpc) is 3.09. The van der Waals surface area contributed by atoms with E-state index in [1.807, 2.05) is 18.2 Å². The predicted molar refractivity (Wildman–Crippen MR) is 74.4 cm³/mol. The van der Waals surface area contributed by atoms with E-state index in [1.165, 1.54) is 12.8 Å². The van der Waals surface area contributed by atoms with E-state index in [9.17, 15) is 0 Å². The van der Waals surface area contributed by atoms with Crippen molar-refractivity contribution in [2.24, 2.45) is 5.41 Å². The Morgan fingerprint density at radius 3 is 2.67 bits per heavy atom. The molecule has 1 atom stereocenters. The van der Waals surface area contributed by atoms with Crippen LogP contribution in [0.1, 0.15) is 37.8 Å². The van der Waals surface area contributed by atoms with Gasteiger partial charge in [0, 0.05) is 24.0 Å². The van der Waals surface area contributed by atoms with Crippen LogP contribution in [0.3, 0.4) is 0 Å². The van der Waals surface area contributed by atoms with E-state index in [-0.39, 0.29) is 11.5 Å². The molecule has 2 nitrogen and oxygen atoms in total. The van der Waals surface area contributed by atoms with Crippen molar-refractivity contribution in [3.8, 4) is 6.07 Å². The number of benzene rings is 1. The van der Waals surface area contributed by atoms with E-state index in [1.54, 1.807) is 0 Å².